The molecule has 0 atom stereocenters. The monoisotopic (exact) mass is 188 g/mol. The van der Waals surface area contributed by atoms with E-state index in [4.69, 9.17) is 5.73 Å². The third kappa shape index (κ3) is 1.65. The van der Waals surface area contributed by atoms with Crippen LogP contribution in [0.15, 0.2) is 30.6 Å². The summed E-state index contributed by atoms with van der Waals surface area (Å²) in [7, 11) is 0. The largest absolute Gasteiger partial charge is 0.330 e. The van der Waals surface area contributed by atoms with E-state index < -0.39 is 0 Å². The molecule has 0 bridgehead atoms. The average molecular weight is 188 g/mol. The number of rotatable bonds is 3. The van der Waals surface area contributed by atoms with Crippen molar-refractivity contribution in [3.63, 3.8) is 0 Å². The lowest BCUT2D eigenvalue weighted by Crippen LogP contribution is -2.03. The molecule has 4 heteroatoms. The van der Waals surface area contributed by atoms with Gasteiger partial charge in [-0.05, 0) is 25.1 Å². The van der Waals surface area contributed by atoms with Gasteiger partial charge in [0.05, 0.1) is 17.6 Å². The molecule has 2 rings (SSSR count). The van der Waals surface area contributed by atoms with Crippen LogP contribution in [0.25, 0.3) is 11.4 Å². The second-order valence-electron chi connectivity index (χ2n) is 3.02. The van der Waals surface area contributed by atoms with Gasteiger partial charge in [0.1, 0.15) is 0 Å². The van der Waals surface area contributed by atoms with E-state index in [1.165, 1.54) is 0 Å². The van der Waals surface area contributed by atoms with Gasteiger partial charge >= 0.3 is 0 Å². The van der Waals surface area contributed by atoms with Crippen LogP contribution in [0, 0.1) is 0 Å². The van der Waals surface area contributed by atoms with Crippen LogP contribution in [-0.4, -0.2) is 21.7 Å². The highest BCUT2D eigenvalue weighted by Gasteiger charge is 2.06. The van der Waals surface area contributed by atoms with Crippen LogP contribution in [0.5, 0.6) is 0 Å². The Balaban J connectivity index is 2.37. The number of aromatic nitrogens is 3. The molecule has 14 heavy (non-hydrogen) atoms. The summed E-state index contributed by atoms with van der Waals surface area (Å²) in [5.74, 6) is 0. The maximum Gasteiger partial charge on any atom is 0.0883 e. The molecule has 2 heterocycles. The van der Waals surface area contributed by atoms with Crippen molar-refractivity contribution in [2.75, 3.05) is 6.54 Å². The van der Waals surface area contributed by atoms with E-state index in [1.54, 1.807) is 12.4 Å². The van der Waals surface area contributed by atoms with Crippen LogP contribution >= 0.6 is 0 Å². The van der Waals surface area contributed by atoms with Crippen molar-refractivity contribution in [2.24, 2.45) is 5.73 Å². The van der Waals surface area contributed by atoms with Gasteiger partial charge in [-0.15, -0.1) is 0 Å². The molecule has 0 aliphatic carbocycles. The summed E-state index contributed by atoms with van der Waals surface area (Å²) < 4.78 is 0. The van der Waals surface area contributed by atoms with E-state index in [9.17, 15) is 0 Å². The summed E-state index contributed by atoms with van der Waals surface area (Å²) in [6.45, 7) is 0.624. The van der Waals surface area contributed by atoms with Crippen LogP contribution in [0.3, 0.4) is 0 Å². The standard InChI is InChI=1S/C10H12N4/c11-5-4-8-7-13-14-10(8)9-3-1-2-6-12-9/h1-3,6-7H,4-5,11H2,(H,13,14). The van der Waals surface area contributed by atoms with Crippen LogP contribution in [0.2, 0.25) is 0 Å². The molecule has 0 radical (unpaired) electrons. The predicted octanol–water partition coefficient (Wildman–Crippen LogP) is 0.973. The normalized spacial score (nSPS) is 10.4. The zero-order chi connectivity index (χ0) is 9.80. The highest BCUT2D eigenvalue weighted by atomic mass is 15.1. The number of nitrogens with one attached hydrogen (secondary N) is 1. The van der Waals surface area contributed by atoms with Gasteiger partial charge in [-0.3, -0.25) is 10.1 Å². The van der Waals surface area contributed by atoms with E-state index in [0.717, 1.165) is 23.4 Å². The van der Waals surface area contributed by atoms with Crippen LogP contribution in [0.1, 0.15) is 5.56 Å². The fraction of sp³-hybridized carbons (Fsp3) is 0.200. The third-order valence-corrected chi connectivity index (χ3v) is 2.05. The average Bonchev–Trinajstić information content (AvgIpc) is 2.68. The van der Waals surface area contributed by atoms with Crippen molar-refractivity contribution in [3.05, 3.63) is 36.2 Å². The zero-order valence-corrected chi connectivity index (χ0v) is 7.77. The molecule has 2 aromatic rings. The fourth-order valence-corrected chi connectivity index (χ4v) is 1.39. The molecule has 72 valence electrons. The minimum atomic E-state index is 0.624. The molecule has 2 aromatic heterocycles. The Morgan fingerprint density at radius 2 is 2.29 bits per heavy atom. The summed E-state index contributed by atoms with van der Waals surface area (Å²) in [4.78, 5) is 4.25. The Labute approximate surface area is 82.2 Å². The maximum absolute atomic E-state index is 5.50. The molecule has 0 aromatic carbocycles. The first-order valence-electron chi connectivity index (χ1n) is 4.55. The Morgan fingerprint density at radius 1 is 1.36 bits per heavy atom. The van der Waals surface area contributed by atoms with Gasteiger partial charge in [0.25, 0.3) is 0 Å². The summed E-state index contributed by atoms with van der Waals surface area (Å²) >= 11 is 0. The number of aromatic amines is 1. The molecule has 0 unspecified atom stereocenters. The minimum Gasteiger partial charge on any atom is -0.330 e. The van der Waals surface area contributed by atoms with E-state index in [1.807, 2.05) is 18.2 Å². The third-order valence-electron chi connectivity index (χ3n) is 2.05. The summed E-state index contributed by atoms with van der Waals surface area (Å²) in [5, 5.41) is 6.94. The fourth-order valence-electron chi connectivity index (χ4n) is 1.39. The van der Waals surface area contributed by atoms with E-state index >= 15 is 0 Å². The topological polar surface area (TPSA) is 67.6 Å². The number of pyridine rings is 1. The number of hydrogen-bond acceptors (Lipinski definition) is 3. The van der Waals surface area contributed by atoms with Crippen molar-refractivity contribution in [1.82, 2.24) is 15.2 Å². The molecule has 4 nitrogen and oxygen atoms in total. The highest BCUT2D eigenvalue weighted by molar-refractivity contribution is 5.57. The number of nitrogens with zero attached hydrogens (tertiary/aromatic N) is 2. The lowest BCUT2D eigenvalue weighted by molar-refractivity contribution is 0.970. The molecule has 0 aliphatic heterocycles. The van der Waals surface area contributed by atoms with Gasteiger partial charge in [-0.1, -0.05) is 6.07 Å². The molecular formula is C10H12N4. The van der Waals surface area contributed by atoms with Crippen LogP contribution in [0.4, 0.5) is 0 Å². The maximum atomic E-state index is 5.50. The molecule has 3 N–H and O–H groups in total. The Morgan fingerprint density at radius 3 is 3.00 bits per heavy atom. The van der Waals surface area contributed by atoms with Crippen LogP contribution < -0.4 is 5.73 Å². The summed E-state index contributed by atoms with van der Waals surface area (Å²) in [6, 6.07) is 5.80. The first-order chi connectivity index (χ1) is 6.92. The molecule has 0 fully saturated rings. The molecule has 0 saturated carbocycles. The SMILES string of the molecule is NCCc1cn[nH]c1-c1ccccn1. The van der Waals surface area contributed by atoms with E-state index in [-0.39, 0.29) is 0 Å². The number of hydrogen-bond donors (Lipinski definition) is 2. The Bertz CT molecular complexity index is 394. The lowest BCUT2D eigenvalue weighted by atomic mass is 10.1. The minimum absolute atomic E-state index is 0.624. The highest BCUT2D eigenvalue weighted by Crippen LogP contribution is 2.17. The van der Waals surface area contributed by atoms with Gasteiger partial charge in [-0.2, -0.15) is 5.10 Å². The summed E-state index contributed by atoms with van der Waals surface area (Å²) in [6.07, 6.45) is 4.39. The second kappa shape index (κ2) is 4.02. The van der Waals surface area contributed by atoms with Crippen molar-refractivity contribution >= 4 is 0 Å². The molecule has 0 spiro atoms. The first-order valence-corrected chi connectivity index (χ1v) is 4.55. The Kier molecular flexibility index (Phi) is 2.55. The molecule has 0 amide bonds. The first kappa shape index (κ1) is 8.90. The quantitative estimate of drug-likeness (QED) is 0.754. The van der Waals surface area contributed by atoms with E-state index in [2.05, 4.69) is 15.2 Å². The van der Waals surface area contributed by atoms with Crippen molar-refractivity contribution < 1.29 is 0 Å². The second-order valence-corrected chi connectivity index (χ2v) is 3.02. The molecule has 0 aliphatic rings. The molecular weight excluding hydrogens is 176 g/mol. The van der Waals surface area contributed by atoms with Gasteiger partial charge in [-0.25, -0.2) is 0 Å². The van der Waals surface area contributed by atoms with Crippen molar-refractivity contribution in [2.45, 2.75) is 6.42 Å². The zero-order valence-electron chi connectivity index (χ0n) is 7.77. The number of H-pyrrole nitrogens is 1. The predicted molar refractivity (Wildman–Crippen MR) is 54.6 cm³/mol. The van der Waals surface area contributed by atoms with Crippen molar-refractivity contribution in [3.8, 4) is 11.4 Å². The van der Waals surface area contributed by atoms with Gasteiger partial charge in [0.15, 0.2) is 0 Å². The van der Waals surface area contributed by atoms with Gasteiger partial charge < -0.3 is 5.73 Å². The lowest BCUT2D eigenvalue weighted by Gasteiger charge is -1.99. The molecule has 0 saturated heterocycles. The van der Waals surface area contributed by atoms with Crippen LogP contribution in [-0.2, 0) is 6.42 Å². The number of nitrogens with two attached hydrogens (primary N) is 1. The van der Waals surface area contributed by atoms with E-state index in [0.29, 0.717) is 6.54 Å². The Hall–Kier alpha value is -1.68. The smallest absolute Gasteiger partial charge is 0.0883 e. The van der Waals surface area contributed by atoms with Crippen molar-refractivity contribution in [1.29, 1.82) is 0 Å². The van der Waals surface area contributed by atoms with Gasteiger partial charge in [0.2, 0.25) is 0 Å². The van der Waals surface area contributed by atoms with Gasteiger partial charge in [0, 0.05) is 11.8 Å². The summed E-state index contributed by atoms with van der Waals surface area (Å²) in [5.41, 5.74) is 8.50.